The number of hydrogen-bond acceptors (Lipinski definition) is 5. The summed E-state index contributed by atoms with van der Waals surface area (Å²) in [7, 11) is 0. The Hall–Kier alpha value is -2.08. The summed E-state index contributed by atoms with van der Waals surface area (Å²) in [6, 6.07) is 5.13. The Morgan fingerprint density at radius 1 is 1.45 bits per heavy atom. The monoisotopic (exact) mass is 294 g/mol. The zero-order valence-corrected chi connectivity index (χ0v) is 12.0. The highest BCUT2D eigenvalue weighted by atomic mass is 35.5. The fourth-order valence-corrected chi connectivity index (χ4v) is 1.88. The van der Waals surface area contributed by atoms with E-state index < -0.39 is 0 Å². The molecule has 1 amide bonds. The van der Waals surface area contributed by atoms with Crippen molar-refractivity contribution < 1.29 is 9.32 Å². The fraction of sp³-hybridized carbons (Fsp3) is 0.308. The van der Waals surface area contributed by atoms with E-state index in [2.05, 4.69) is 20.8 Å². The smallest absolute Gasteiger partial charge is 0.253 e. The van der Waals surface area contributed by atoms with Crippen LogP contribution in [-0.4, -0.2) is 22.6 Å². The molecule has 6 nitrogen and oxygen atoms in total. The molecule has 0 radical (unpaired) electrons. The molecule has 0 fully saturated rings. The first-order chi connectivity index (χ1) is 9.60. The van der Waals surface area contributed by atoms with Crippen LogP contribution in [0, 0.1) is 6.92 Å². The van der Waals surface area contributed by atoms with Crippen LogP contribution in [0.2, 0.25) is 5.02 Å². The molecular weight excluding hydrogens is 280 g/mol. The van der Waals surface area contributed by atoms with Crippen LogP contribution in [0.15, 0.2) is 22.7 Å². The number of benzene rings is 1. The lowest BCUT2D eigenvalue weighted by atomic mass is 10.1. The van der Waals surface area contributed by atoms with Crippen LogP contribution in [0.25, 0.3) is 0 Å². The molecule has 0 aliphatic rings. The summed E-state index contributed by atoms with van der Waals surface area (Å²) in [5.41, 5.74) is 1.21. The van der Waals surface area contributed by atoms with Gasteiger partial charge in [-0.15, -0.1) is 0 Å². The van der Waals surface area contributed by atoms with E-state index >= 15 is 0 Å². The Labute approximate surface area is 121 Å². The predicted molar refractivity (Wildman–Crippen MR) is 75.8 cm³/mol. The lowest BCUT2D eigenvalue weighted by molar-refractivity contribution is 0.0947. The van der Waals surface area contributed by atoms with Crippen molar-refractivity contribution in [2.24, 2.45) is 0 Å². The number of amides is 1. The van der Waals surface area contributed by atoms with Gasteiger partial charge in [-0.1, -0.05) is 16.8 Å². The molecule has 0 aliphatic carbocycles. The van der Waals surface area contributed by atoms with Gasteiger partial charge in [-0.2, -0.15) is 4.98 Å². The first kappa shape index (κ1) is 14.3. The van der Waals surface area contributed by atoms with Crippen LogP contribution >= 0.6 is 11.6 Å². The maximum absolute atomic E-state index is 12.2. The fourth-order valence-electron chi connectivity index (χ4n) is 1.71. The molecule has 2 rings (SSSR count). The summed E-state index contributed by atoms with van der Waals surface area (Å²) in [5, 5.41) is 10.00. The molecule has 7 heteroatoms. The van der Waals surface area contributed by atoms with E-state index in [1.165, 1.54) is 0 Å². The molecule has 1 aromatic heterocycles. The van der Waals surface area contributed by atoms with Gasteiger partial charge in [0.25, 0.3) is 5.91 Å². The lowest BCUT2D eigenvalue weighted by Crippen LogP contribution is -2.24. The van der Waals surface area contributed by atoms with Gasteiger partial charge in [0.15, 0.2) is 5.82 Å². The molecule has 2 aromatic rings. The standard InChI is InChI=1S/C13H15ClN4O2/c1-3-15-11-5-4-9(14)6-10(11)13(19)16-7-12-17-8(2)18-20-12/h4-6,15H,3,7H2,1-2H3,(H,16,19). The quantitative estimate of drug-likeness (QED) is 0.885. The summed E-state index contributed by atoms with van der Waals surface area (Å²) in [6.07, 6.45) is 0. The molecular formula is C13H15ClN4O2. The second kappa shape index (κ2) is 6.38. The van der Waals surface area contributed by atoms with Crippen molar-refractivity contribution in [3.63, 3.8) is 0 Å². The number of nitrogens with one attached hydrogen (secondary N) is 2. The third kappa shape index (κ3) is 3.48. The predicted octanol–water partition coefficient (Wildman–Crippen LogP) is 2.39. The topological polar surface area (TPSA) is 80.0 Å². The highest BCUT2D eigenvalue weighted by Crippen LogP contribution is 2.20. The minimum atomic E-state index is -0.251. The molecule has 0 spiro atoms. The van der Waals surface area contributed by atoms with Crippen LogP contribution < -0.4 is 10.6 Å². The van der Waals surface area contributed by atoms with E-state index in [0.29, 0.717) is 28.8 Å². The molecule has 0 aliphatic heterocycles. The number of aromatic nitrogens is 2. The number of anilines is 1. The van der Waals surface area contributed by atoms with Gasteiger partial charge in [-0.05, 0) is 32.0 Å². The van der Waals surface area contributed by atoms with Gasteiger partial charge in [-0.25, -0.2) is 0 Å². The Balaban J connectivity index is 2.09. The van der Waals surface area contributed by atoms with Crippen LogP contribution in [-0.2, 0) is 6.54 Å². The molecule has 106 valence electrons. The number of rotatable bonds is 5. The number of halogens is 1. The first-order valence-electron chi connectivity index (χ1n) is 6.21. The van der Waals surface area contributed by atoms with Gasteiger partial charge in [0.2, 0.25) is 5.89 Å². The molecule has 0 saturated carbocycles. The Bertz CT molecular complexity index is 612. The molecule has 1 aromatic carbocycles. The van der Waals surface area contributed by atoms with Crippen LogP contribution in [0.5, 0.6) is 0 Å². The minimum absolute atomic E-state index is 0.178. The van der Waals surface area contributed by atoms with Gasteiger partial charge in [0.1, 0.15) is 0 Å². The van der Waals surface area contributed by atoms with Crippen molar-refractivity contribution in [3.05, 3.63) is 40.5 Å². The van der Waals surface area contributed by atoms with E-state index in [1.807, 2.05) is 6.92 Å². The van der Waals surface area contributed by atoms with Gasteiger partial charge < -0.3 is 15.2 Å². The van der Waals surface area contributed by atoms with Crippen LogP contribution in [0.3, 0.4) is 0 Å². The van der Waals surface area contributed by atoms with E-state index in [4.69, 9.17) is 16.1 Å². The van der Waals surface area contributed by atoms with Crippen molar-refractivity contribution in [2.75, 3.05) is 11.9 Å². The van der Waals surface area contributed by atoms with E-state index in [9.17, 15) is 4.79 Å². The maximum Gasteiger partial charge on any atom is 0.253 e. The Morgan fingerprint density at radius 2 is 2.25 bits per heavy atom. The summed E-state index contributed by atoms with van der Waals surface area (Å²) in [5.74, 6) is 0.646. The Morgan fingerprint density at radius 3 is 2.90 bits per heavy atom. The van der Waals surface area contributed by atoms with E-state index in [-0.39, 0.29) is 12.5 Å². The SMILES string of the molecule is CCNc1ccc(Cl)cc1C(=O)NCc1nc(C)no1. The van der Waals surface area contributed by atoms with Crippen molar-refractivity contribution in [1.82, 2.24) is 15.5 Å². The number of aryl methyl sites for hydroxylation is 1. The van der Waals surface area contributed by atoms with Crippen LogP contribution in [0.4, 0.5) is 5.69 Å². The summed E-state index contributed by atoms with van der Waals surface area (Å²) >= 11 is 5.93. The molecule has 0 bridgehead atoms. The largest absolute Gasteiger partial charge is 0.385 e. The third-order valence-corrected chi connectivity index (χ3v) is 2.80. The highest BCUT2D eigenvalue weighted by Gasteiger charge is 2.13. The second-order valence-corrected chi connectivity index (χ2v) is 4.57. The molecule has 2 N–H and O–H groups in total. The zero-order chi connectivity index (χ0) is 14.5. The molecule has 20 heavy (non-hydrogen) atoms. The number of nitrogens with zero attached hydrogens (tertiary/aromatic N) is 2. The molecule has 0 saturated heterocycles. The van der Waals surface area contributed by atoms with Crippen molar-refractivity contribution in [2.45, 2.75) is 20.4 Å². The van der Waals surface area contributed by atoms with Gasteiger partial charge >= 0.3 is 0 Å². The van der Waals surface area contributed by atoms with E-state index in [1.54, 1.807) is 25.1 Å². The normalized spacial score (nSPS) is 10.3. The Kier molecular flexibility index (Phi) is 4.57. The second-order valence-electron chi connectivity index (χ2n) is 4.14. The first-order valence-corrected chi connectivity index (χ1v) is 6.58. The number of hydrogen-bond donors (Lipinski definition) is 2. The average molecular weight is 295 g/mol. The molecule has 1 heterocycles. The van der Waals surface area contributed by atoms with Gasteiger partial charge in [0.05, 0.1) is 12.1 Å². The molecule has 0 atom stereocenters. The third-order valence-electron chi connectivity index (χ3n) is 2.56. The number of carbonyl (C=O) groups excluding carboxylic acids is 1. The zero-order valence-electron chi connectivity index (χ0n) is 11.2. The highest BCUT2D eigenvalue weighted by molar-refractivity contribution is 6.31. The molecule has 0 unspecified atom stereocenters. The maximum atomic E-state index is 12.2. The van der Waals surface area contributed by atoms with E-state index in [0.717, 1.165) is 5.69 Å². The summed E-state index contributed by atoms with van der Waals surface area (Å²) in [4.78, 5) is 16.2. The number of carbonyl (C=O) groups is 1. The summed E-state index contributed by atoms with van der Waals surface area (Å²) < 4.78 is 4.93. The van der Waals surface area contributed by atoms with Crippen molar-refractivity contribution in [3.8, 4) is 0 Å². The van der Waals surface area contributed by atoms with Crippen LogP contribution in [0.1, 0.15) is 29.0 Å². The summed E-state index contributed by atoms with van der Waals surface area (Å²) in [6.45, 7) is 4.56. The minimum Gasteiger partial charge on any atom is -0.385 e. The van der Waals surface area contributed by atoms with Gasteiger partial charge in [-0.3, -0.25) is 4.79 Å². The average Bonchev–Trinajstić information content (AvgIpc) is 2.84. The van der Waals surface area contributed by atoms with Crippen molar-refractivity contribution >= 4 is 23.2 Å². The van der Waals surface area contributed by atoms with Crippen molar-refractivity contribution in [1.29, 1.82) is 0 Å². The lowest BCUT2D eigenvalue weighted by Gasteiger charge is -2.10. The van der Waals surface area contributed by atoms with Gasteiger partial charge in [0, 0.05) is 17.3 Å².